The Morgan fingerprint density at radius 1 is 1.44 bits per heavy atom. The Balaban J connectivity index is 1.87. The van der Waals surface area contributed by atoms with Gasteiger partial charge in [-0.1, -0.05) is 0 Å². The first-order valence-electron chi connectivity index (χ1n) is 5.09. The predicted octanol–water partition coefficient (Wildman–Crippen LogP) is 3.50. The number of rotatable bonds is 4. The summed E-state index contributed by atoms with van der Waals surface area (Å²) in [6, 6.07) is 4.21. The second-order valence-electron chi connectivity index (χ2n) is 3.64. The van der Waals surface area contributed by atoms with Gasteiger partial charge < -0.3 is 5.32 Å². The third-order valence-electron chi connectivity index (χ3n) is 2.37. The normalized spacial score (nSPS) is 10.6. The van der Waals surface area contributed by atoms with Crippen LogP contribution in [0, 0.1) is 6.92 Å². The van der Waals surface area contributed by atoms with Crippen molar-refractivity contribution in [3.8, 4) is 0 Å². The number of nitrogens with zero attached hydrogens (tertiary/aromatic N) is 1. The topological polar surface area (TPSA) is 24.9 Å². The Hall–Kier alpha value is -0.710. The van der Waals surface area contributed by atoms with Crippen LogP contribution in [0.5, 0.6) is 0 Å². The molecule has 0 bridgehead atoms. The van der Waals surface area contributed by atoms with Crippen LogP contribution in [0.2, 0.25) is 0 Å². The van der Waals surface area contributed by atoms with Gasteiger partial charge in [0.1, 0.15) is 0 Å². The standard InChI is InChI=1S/C12H13BrN2S/c1-9-5-14-3-2-10(9)6-15-7-12-4-11(13)8-16-12/h2-5,8,15H,6-7H2,1H3. The first-order chi connectivity index (χ1) is 7.75. The van der Waals surface area contributed by atoms with Gasteiger partial charge in [0, 0.05) is 40.2 Å². The number of aryl methyl sites for hydroxylation is 1. The SMILES string of the molecule is Cc1cnccc1CNCc1cc(Br)cs1. The summed E-state index contributed by atoms with van der Waals surface area (Å²) in [6.07, 6.45) is 3.74. The summed E-state index contributed by atoms with van der Waals surface area (Å²) in [6.45, 7) is 3.90. The average molecular weight is 297 g/mol. The molecule has 2 aromatic heterocycles. The van der Waals surface area contributed by atoms with Crippen molar-refractivity contribution in [3.63, 3.8) is 0 Å². The van der Waals surface area contributed by atoms with Gasteiger partial charge in [-0.25, -0.2) is 0 Å². The van der Waals surface area contributed by atoms with E-state index in [0.717, 1.165) is 17.6 Å². The van der Waals surface area contributed by atoms with Crippen LogP contribution >= 0.6 is 27.3 Å². The number of aromatic nitrogens is 1. The van der Waals surface area contributed by atoms with Gasteiger partial charge in [-0.15, -0.1) is 11.3 Å². The van der Waals surface area contributed by atoms with Crippen LogP contribution in [0.25, 0.3) is 0 Å². The van der Waals surface area contributed by atoms with Crippen LogP contribution in [0.3, 0.4) is 0 Å². The molecule has 2 rings (SSSR count). The molecule has 0 aliphatic rings. The van der Waals surface area contributed by atoms with Gasteiger partial charge in [0.25, 0.3) is 0 Å². The van der Waals surface area contributed by atoms with E-state index in [4.69, 9.17) is 0 Å². The van der Waals surface area contributed by atoms with Crippen molar-refractivity contribution >= 4 is 27.3 Å². The van der Waals surface area contributed by atoms with Crippen molar-refractivity contribution < 1.29 is 0 Å². The molecule has 0 aromatic carbocycles. The fraction of sp³-hybridized carbons (Fsp3) is 0.250. The molecule has 0 saturated carbocycles. The molecule has 1 N–H and O–H groups in total. The molecule has 0 unspecified atom stereocenters. The summed E-state index contributed by atoms with van der Waals surface area (Å²) in [7, 11) is 0. The van der Waals surface area contributed by atoms with Crippen molar-refractivity contribution in [3.05, 3.63) is 50.4 Å². The molecule has 0 radical (unpaired) electrons. The van der Waals surface area contributed by atoms with E-state index in [1.54, 1.807) is 11.3 Å². The number of thiophene rings is 1. The van der Waals surface area contributed by atoms with E-state index in [1.165, 1.54) is 16.0 Å². The van der Waals surface area contributed by atoms with Crippen LogP contribution in [0.4, 0.5) is 0 Å². The summed E-state index contributed by atoms with van der Waals surface area (Å²) in [4.78, 5) is 5.43. The van der Waals surface area contributed by atoms with Crippen LogP contribution < -0.4 is 5.32 Å². The second-order valence-corrected chi connectivity index (χ2v) is 5.55. The van der Waals surface area contributed by atoms with Crippen LogP contribution in [-0.2, 0) is 13.1 Å². The third-order valence-corrected chi connectivity index (χ3v) is 4.07. The maximum Gasteiger partial charge on any atom is 0.0303 e. The van der Waals surface area contributed by atoms with E-state index in [2.05, 4.69) is 50.7 Å². The molecule has 0 aliphatic carbocycles. The van der Waals surface area contributed by atoms with Crippen molar-refractivity contribution in [1.29, 1.82) is 0 Å². The summed E-state index contributed by atoms with van der Waals surface area (Å²) in [5, 5.41) is 5.54. The number of hydrogen-bond acceptors (Lipinski definition) is 3. The molecule has 2 aromatic rings. The quantitative estimate of drug-likeness (QED) is 0.934. The Kier molecular flexibility index (Phi) is 4.09. The van der Waals surface area contributed by atoms with Gasteiger partial charge in [-0.3, -0.25) is 4.98 Å². The van der Waals surface area contributed by atoms with Crippen molar-refractivity contribution in [1.82, 2.24) is 10.3 Å². The molecular formula is C12H13BrN2S. The van der Waals surface area contributed by atoms with Crippen LogP contribution in [-0.4, -0.2) is 4.98 Å². The van der Waals surface area contributed by atoms with E-state index in [-0.39, 0.29) is 0 Å². The van der Waals surface area contributed by atoms with E-state index < -0.39 is 0 Å². The molecule has 2 heterocycles. The lowest BCUT2D eigenvalue weighted by Gasteiger charge is -2.05. The molecule has 0 spiro atoms. The van der Waals surface area contributed by atoms with Gasteiger partial charge in [0.15, 0.2) is 0 Å². The Morgan fingerprint density at radius 2 is 2.31 bits per heavy atom. The summed E-state index contributed by atoms with van der Waals surface area (Å²) < 4.78 is 1.16. The molecule has 0 aliphatic heterocycles. The largest absolute Gasteiger partial charge is 0.308 e. The molecule has 0 saturated heterocycles. The van der Waals surface area contributed by atoms with Gasteiger partial charge in [0.2, 0.25) is 0 Å². The number of pyridine rings is 1. The monoisotopic (exact) mass is 296 g/mol. The van der Waals surface area contributed by atoms with E-state index in [1.807, 2.05) is 12.4 Å². The number of hydrogen-bond donors (Lipinski definition) is 1. The zero-order valence-electron chi connectivity index (χ0n) is 9.03. The van der Waals surface area contributed by atoms with Gasteiger partial charge >= 0.3 is 0 Å². The first kappa shape index (κ1) is 11.8. The van der Waals surface area contributed by atoms with E-state index >= 15 is 0 Å². The molecule has 2 nitrogen and oxygen atoms in total. The zero-order valence-corrected chi connectivity index (χ0v) is 11.4. The van der Waals surface area contributed by atoms with E-state index in [0.29, 0.717) is 0 Å². The summed E-state index contributed by atoms with van der Waals surface area (Å²) >= 11 is 5.22. The average Bonchev–Trinajstić information content (AvgIpc) is 2.67. The summed E-state index contributed by atoms with van der Waals surface area (Å²) in [5.41, 5.74) is 2.55. The lowest BCUT2D eigenvalue weighted by molar-refractivity contribution is 0.697. The highest BCUT2D eigenvalue weighted by Gasteiger charge is 1.99. The van der Waals surface area contributed by atoms with Crippen LogP contribution in [0.1, 0.15) is 16.0 Å². The molecule has 0 atom stereocenters. The van der Waals surface area contributed by atoms with Gasteiger partial charge in [-0.2, -0.15) is 0 Å². The second kappa shape index (κ2) is 5.57. The Labute approximate surface area is 108 Å². The molecule has 84 valence electrons. The lowest BCUT2D eigenvalue weighted by atomic mass is 10.1. The minimum atomic E-state index is 0.893. The van der Waals surface area contributed by atoms with Crippen molar-refractivity contribution in [2.24, 2.45) is 0 Å². The Bertz CT molecular complexity index is 468. The molecular weight excluding hydrogens is 284 g/mol. The highest BCUT2D eigenvalue weighted by molar-refractivity contribution is 9.10. The lowest BCUT2D eigenvalue weighted by Crippen LogP contribution is -2.12. The van der Waals surface area contributed by atoms with Crippen LogP contribution in [0.15, 0.2) is 34.4 Å². The van der Waals surface area contributed by atoms with E-state index in [9.17, 15) is 0 Å². The predicted molar refractivity (Wildman–Crippen MR) is 71.5 cm³/mol. The number of halogens is 1. The van der Waals surface area contributed by atoms with Gasteiger partial charge in [-0.05, 0) is 46.1 Å². The maximum absolute atomic E-state index is 4.08. The third kappa shape index (κ3) is 3.14. The minimum absolute atomic E-state index is 0.893. The Morgan fingerprint density at radius 3 is 3.00 bits per heavy atom. The highest BCUT2D eigenvalue weighted by atomic mass is 79.9. The fourth-order valence-corrected chi connectivity index (χ4v) is 2.89. The van der Waals surface area contributed by atoms with Crippen molar-refractivity contribution in [2.45, 2.75) is 20.0 Å². The molecule has 4 heteroatoms. The van der Waals surface area contributed by atoms with Gasteiger partial charge in [0.05, 0.1) is 0 Å². The first-order valence-corrected chi connectivity index (χ1v) is 6.76. The van der Waals surface area contributed by atoms with Crippen molar-refractivity contribution in [2.75, 3.05) is 0 Å². The molecule has 16 heavy (non-hydrogen) atoms. The number of nitrogens with one attached hydrogen (secondary N) is 1. The molecule has 0 fully saturated rings. The highest BCUT2D eigenvalue weighted by Crippen LogP contribution is 2.19. The minimum Gasteiger partial charge on any atom is -0.308 e. The maximum atomic E-state index is 4.08. The smallest absolute Gasteiger partial charge is 0.0303 e. The fourth-order valence-electron chi connectivity index (χ4n) is 1.47. The molecule has 0 amide bonds. The zero-order chi connectivity index (χ0) is 11.4. The summed E-state index contributed by atoms with van der Waals surface area (Å²) in [5.74, 6) is 0.